The van der Waals surface area contributed by atoms with E-state index in [2.05, 4.69) is 16.4 Å². The van der Waals surface area contributed by atoms with Crippen LogP contribution >= 0.6 is 23.4 Å². The molecule has 0 radical (unpaired) electrons. The van der Waals surface area contributed by atoms with Gasteiger partial charge in [0, 0.05) is 29.3 Å². The van der Waals surface area contributed by atoms with Crippen LogP contribution in [-0.4, -0.2) is 36.3 Å². The molecule has 2 heterocycles. The minimum Gasteiger partial charge on any atom is -0.468 e. The van der Waals surface area contributed by atoms with Crippen LogP contribution in [0.2, 0.25) is 5.02 Å². The van der Waals surface area contributed by atoms with Crippen molar-refractivity contribution in [1.29, 1.82) is 0 Å². The molecule has 5 heteroatoms. The monoisotopic (exact) mass is 323 g/mol. The molecule has 0 bridgehead atoms. The van der Waals surface area contributed by atoms with Crippen LogP contribution in [0.15, 0.2) is 35.7 Å². The van der Waals surface area contributed by atoms with Crippen molar-refractivity contribution in [2.75, 3.05) is 20.2 Å². The Bertz CT molecular complexity index is 563. The Morgan fingerprint density at radius 3 is 3.05 bits per heavy atom. The van der Waals surface area contributed by atoms with Gasteiger partial charge in [0.2, 0.25) is 0 Å². The summed E-state index contributed by atoms with van der Waals surface area (Å²) in [5.41, 5.74) is 0.832. The summed E-state index contributed by atoms with van der Waals surface area (Å²) in [4.78, 5) is 14.5. The molecule has 1 fully saturated rings. The summed E-state index contributed by atoms with van der Waals surface area (Å²) in [6.45, 7) is 1.76. The lowest BCUT2D eigenvalue weighted by Gasteiger charge is -2.38. The van der Waals surface area contributed by atoms with Gasteiger partial charge in [-0.1, -0.05) is 35.9 Å². The number of likely N-dealkylation sites (tertiary alicyclic amines) is 1. The van der Waals surface area contributed by atoms with Gasteiger partial charge in [0.25, 0.3) is 0 Å². The summed E-state index contributed by atoms with van der Waals surface area (Å²) in [5.74, 6) is 0.273. The smallest absolute Gasteiger partial charge is 0.327 e. The number of ether oxygens (including phenoxy) is 1. The second kappa shape index (κ2) is 6.42. The molecular formula is C16H18ClNO2S. The molecule has 0 N–H and O–H groups in total. The number of carbonyl (C=O) groups is 1. The standard InChI is InChI=1S/C16H18ClNO2S/c1-20-16(19)15(12-4-2-3-5-13(12)17)18-8-6-14-11(10-18)7-9-21-14/h2-5,7,9,11,14-15H,6,8,10H2,1H3. The first-order chi connectivity index (χ1) is 10.2. The molecule has 2 aliphatic rings. The van der Waals surface area contributed by atoms with E-state index in [0.29, 0.717) is 16.2 Å². The molecule has 0 aliphatic carbocycles. The molecule has 1 aromatic rings. The van der Waals surface area contributed by atoms with E-state index in [1.807, 2.05) is 36.0 Å². The summed E-state index contributed by atoms with van der Waals surface area (Å²) < 4.78 is 5.02. The molecule has 1 aromatic carbocycles. The quantitative estimate of drug-likeness (QED) is 0.796. The van der Waals surface area contributed by atoms with Crippen molar-refractivity contribution in [3.8, 4) is 0 Å². The van der Waals surface area contributed by atoms with Crippen LogP contribution in [0.4, 0.5) is 0 Å². The molecule has 1 saturated heterocycles. The minimum absolute atomic E-state index is 0.240. The average Bonchev–Trinajstić information content (AvgIpc) is 2.97. The highest BCUT2D eigenvalue weighted by atomic mass is 35.5. The fraction of sp³-hybridized carbons (Fsp3) is 0.438. The third-order valence-electron chi connectivity index (χ3n) is 4.19. The van der Waals surface area contributed by atoms with Crippen LogP contribution in [0.25, 0.3) is 0 Å². The molecule has 2 aliphatic heterocycles. The topological polar surface area (TPSA) is 29.5 Å². The zero-order valence-corrected chi connectivity index (χ0v) is 13.4. The van der Waals surface area contributed by atoms with Gasteiger partial charge in [0.05, 0.1) is 7.11 Å². The van der Waals surface area contributed by atoms with Gasteiger partial charge >= 0.3 is 5.97 Å². The molecule has 3 rings (SSSR count). The van der Waals surface area contributed by atoms with E-state index in [0.717, 1.165) is 25.1 Å². The van der Waals surface area contributed by atoms with Crippen molar-refractivity contribution in [3.63, 3.8) is 0 Å². The minimum atomic E-state index is -0.413. The second-order valence-corrected chi connectivity index (χ2v) is 6.95. The Morgan fingerprint density at radius 2 is 2.29 bits per heavy atom. The number of hydrogen-bond donors (Lipinski definition) is 0. The highest BCUT2D eigenvalue weighted by Crippen LogP contribution is 2.39. The Kier molecular flexibility index (Phi) is 4.57. The van der Waals surface area contributed by atoms with Crippen LogP contribution < -0.4 is 0 Å². The SMILES string of the molecule is COC(=O)C(c1ccccc1Cl)N1CCC2SC=CC2C1. The van der Waals surface area contributed by atoms with Crippen molar-refractivity contribution in [3.05, 3.63) is 46.3 Å². The first kappa shape index (κ1) is 14.9. The highest BCUT2D eigenvalue weighted by molar-refractivity contribution is 8.03. The fourth-order valence-electron chi connectivity index (χ4n) is 3.10. The summed E-state index contributed by atoms with van der Waals surface area (Å²) in [6.07, 6.45) is 3.34. The number of benzene rings is 1. The van der Waals surface area contributed by atoms with E-state index in [1.165, 1.54) is 7.11 Å². The first-order valence-electron chi connectivity index (χ1n) is 7.09. The summed E-state index contributed by atoms with van der Waals surface area (Å²) in [6, 6.07) is 7.11. The number of thioether (sulfide) groups is 1. The molecule has 3 unspecified atom stereocenters. The van der Waals surface area contributed by atoms with E-state index < -0.39 is 6.04 Å². The maximum absolute atomic E-state index is 12.3. The number of hydrogen-bond acceptors (Lipinski definition) is 4. The van der Waals surface area contributed by atoms with Crippen molar-refractivity contribution >= 4 is 29.3 Å². The van der Waals surface area contributed by atoms with Crippen LogP contribution in [0.5, 0.6) is 0 Å². The van der Waals surface area contributed by atoms with Gasteiger partial charge in [-0.2, -0.15) is 0 Å². The number of halogens is 1. The molecule has 3 atom stereocenters. The van der Waals surface area contributed by atoms with Gasteiger partial charge in [-0.15, -0.1) is 11.8 Å². The lowest BCUT2D eigenvalue weighted by Crippen LogP contribution is -2.44. The number of nitrogens with zero attached hydrogens (tertiary/aromatic N) is 1. The van der Waals surface area contributed by atoms with Gasteiger partial charge in [-0.05, 0) is 23.5 Å². The molecule has 0 saturated carbocycles. The molecular weight excluding hydrogens is 306 g/mol. The Labute approximate surface area is 134 Å². The molecule has 3 nitrogen and oxygen atoms in total. The number of esters is 1. The number of rotatable bonds is 3. The third-order valence-corrected chi connectivity index (χ3v) is 5.79. The fourth-order valence-corrected chi connectivity index (χ4v) is 4.46. The molecule has 0 aromatic heterocycles. The van der Waals surface area contributed by atoms with E-state index in [9.17, 15) is 4.79 Å². The van der Waals surface area contributed by atoms with Crippen LogP contribution in [0, 0.1) is 5.92 Å². The summed E-state index contributed by atoms with van der Waals surface area (Å²) in [5, 5.41) is 3.46. The predicted molar refractivity (Wildman–Crippen MR) is 86.4 cm³/mol. The zero-order valence-electron chi connectivity index (χ0n) is 11.9. The van der Waals surface area contributed by atoms with E-state index in [1.54, 1.807) is 0 Å². The lowest BCUT2D eigenvalue weighted by atomic mass is 9.94. The number of methoxy groups -OCH3 is 1. The van der Waals surface area contributed by atoms with Gasteiger partial charge < -0.3 is 4.74 Å². The molecule has 0 spiro atoms. The highest BCUT2D eigenvalue weighted by Gasteiger charge is 2.37. The van der Waals surface area contributed by atoms with Gasteiger partial charge in [0.15, 0.2) is 0 Å². The van der Waals surface area contributed by atoms with E-state index >= 15 is 0 Å². The van der Waals surface area contributed by atoms with Crippen molar-refractivity contribution in [2.45, 2.75) is 17.7 Å². The van der Waals surface area contributed by atoms with E-state index in [4.69, 9.17) is 16.3 Å². The first-order valence-corrected chi connectivity index (χ1v) is 8.41. The Balaban J connectivity index is 1.88. The van der Waals surface area contributed by atoms with Crippen LogP contribution in [0.1, 0.15) is 18.0 Å². The van der Waals surface area contributed by atoms with Gasteiger partial charge in [0.1, 0.15) is 6.04 Å². The lowest BCUT2D eigenvalue weighted by molar-refractivity contribution is -0.148. The third kappa shape index (κ3) is 2.98. The largest absolute Gasteiger partial charge is 0.468 e. The predicted octanol–water partition coefficient (Wildman–Crippen LogP) is 3.51. The molecule has 21 heavy (non-hydrogen) atoms. The number of fused-ring (bicyclic) bond motifs is 1. The average molecular weight is 324 g/mol. The van der Waals surface area contributed by atoms with Gasteiger partial charge in [-0.3, -0.25) is 4.90 Å². The Morgan fingerprint density at radius 1 is 1.48 bits per heavy atom. The number of carbonyl (C=O) groups excluding carboxylic acids is 1. The van der Waals surface area contributed by atoms with E-state index in [-0.39, 0.29) is 5.97 Å². The van der Waals surface area contributed by atoms with Crippen molar-refractivity contribution in [1.82, 2.24) is 4.90 Å². The number of piperidine rings is 1. The summed E-state index contributed by atoms with van der Waals surface area (Å²) >= 11 is 8.20. The summed E-state index contributed by atoms with van der Waals surface area (Å²) in [7, 11) is 1.43. The maximum atomic E-state index is 12.3. The van der Waals surface area contributed by atoms with Crippen molar-refractivity contribution < 1.29 is 9.53 Å². The Hall–Kier alpha value is -0.970. The zero-order chi connectivity index (χ0) is 14.8. The van der Waals surface area contributed by atoms with Crippen LogP contribution in [-0.2, 0) is 9.53 Å². The maximum Gasteiger partial charge on any atom is 0.327 e. The second-order valence-electron chi connectivity index (χ2n) is 5.40. The molecule has 0 amide bonds. The van der Waals surface area contributed by atoms with Crippen molar-refractivity contribution in [2.24, 2.45) is 5.92 Å². The molecule has 112 valence electrons. The van der Waals surface area contributed by atoms with Gasteiger partial charge in [-0.25, -0.2) is 4.79 Å². The normalized spacial score (nSPS) is 26.4. The van der Waals surface area contributed by atoms with Crippen LogP contribution in [0.3, 0.4) is 0 Å².